The first-order chi connectivity index (χ1) is 20.4. The first-order valence-electron chi connectivity index (χ1n) is 15.6. The van der Waals surface area contributed by atoms with Gasteiger partial charge >= 0.3 is 5.97 Å². The zero-order valence-electron chi connectivity index (χ0n) is 24.9. The van der Waals surface area contributed by atoms with E-state index in [1.165, 1.54) is 0 Å². The van der Waals surface area contributed by atoms with Gasteiger partial charge in [0.25, 0.3) is 0 Å². The summed E-state index contributed by atoms with van der Waals surface area (Å²) >= 11 is 0. The molecule has 0 aliphatic carbocycles. The number of unbranched alkanes of at least 4 members (excludes halogenated alkanes) is 2. The van der Waals surface area contributed by atoms with Crippen LogP contribution in [0.2, 0.25) is 0 Å². The van der Waals surface area contributed by atoms with Crippen LogP contribution in [0, 0.1) is 5.92 Å². The van der Waals surface area contributed by atoms with Gasteiger partial charge in [0.05, 0.1) is 19.1 Å². The van der Waals surface area contributed by atoms with Crippen LogP contribution in [0.1, 0.15) is 91.4 Å². The molecule has 1 fully saturated rings. The van der Waals surface area contributed by atoms with Crippen molar-refractivity contribution in [2.75, 3.05) is 19.6 Å². The van der Waals surface area contributed by atoms with Crippen molar-refractivity contribution in [3.63, 3.8) is 0 Å². The Kier molecular flexibility index (Phi) is 11.7. The monoisotopic (exact) mass is 573 g/mol. The van der Waals surface area contributed by atoms with Crippen LogP contribution in [-0.2, 0) is 29.8 Å². The minimum atomic E-state index is -1.03. The maximum atomic E-state index is 12.1. The van der Waals surface area contributed by atoms with E-state index < -0.39 is 17.7 Å². The van der Waals surface area contributed by atoms with Crippen molar-refractivity contribution in [1.82, 2.24) is 4.90 Å². The van der Waals surface area contributed by atoms with Crippen LogP contribution in [0.5, 0.6) is 0 Å². The number of aliphatic hydroxyl groups excluding tert-OH is 2. The Hall–Kier alpha value is -3.03. The largest absolute Gasteiger partial charge is 0.481 e. The van der Waals surface area contributed by atoms with E-state index in [0.29, 0.717) is 24.0 Å². The molecule has 0 bridgehead atoms. The second-order valence-electron chi connectivity index (χ2n) is 11.7. The van der Waals surface area contributed by atoms with Crippen molar-refractivity contribution in [1.29, 1.82) is 0 Å². The molecular formula is C36H47NO5. The number of nitrogens with zero attached hydrogens (tertiary/aromatic N) is 1. The van der Waals surface area contributed by atoms with Gasteiger partial charge in [-0.3, -0.25) is 4.79 Å². The third-order valence-electron chi connectivity index (χ3n) is 9.01. The number of carbonyl (C=O) groups is 1. The summed E-state index contributed by atoms with van der Waals surface area (Å²) in [6.45, 7) is 4.54. The minimum absolute atomic E-state index is 0.0789. The Morgan fingerprint density at radius 1 is 0.905 bits per heavy atom. The molecule has 6 heteroatoms. The second kappa shape index (κ2) is 15.4. The van der Waals surface area contributed by atoms with E-state index in [-0.39, 0.29) is 18.9 Å². The summed E-state index contributed by atoms with van der Waals surface area (Å²) in [4.78, 5) is 13.9. The summed E-state index contributed by atoms with van der Waals surface area (Å²) in [5.41, 5.74) is 3.85. The highest BCUT2D eigenvalue weighted by Gasteiger charge is 2.41. The number of carboxylic acids is 1. The molecule has 226 valence electrons. The number of benzene rings is 3. The molecule has 4 N–H and O–H groups in total. The maximum absolute atomic E-state index is 12.1. The normalized spacial score (nSPS) is 15.5. The van der Waals surface area contributed by atoms with Crippen LogP contribution in [0.3, 0.4) is 0 Å². The highest BCUT2D eigenvalue weighted by Crippen LogP contribution is 2.42. The van der Waals surface area contributed by atoms with E-state index in [4.69, 9.17) is 0 Å². The third kappa shape index (κ3) is 7.67. The Labute approximate surface area is 250 Å². The van der Waals surface area contributed by atoms with Gasteiger partial charge in [-0.1, -0.05) is 92.6 Å². The Bertz CT molecular complexity index is 1220. The zero-order valence-corrected chi connectivity index (χ0v) is 24.9. The van der Waals surface area contributed by atoms with Crippen LogP contribution < -0.4 is 0 Å². The smallest absolute Gasteiger partial charge is 0.307 e. The number of piperidine rings is 1. The lowest BCUT2D eigenvalue weighted by Gasteiger charge is -2.42. The van der Waals surface area contributed by atoms with E-state index >= 15 is 0 Å². The SMILES string of the molecule is CCCCCc1c(CC(=O)O)ccc(C(O)CCCN2CCC(C(O)(c3ccccc3)c3ccccc3)CC2)c1CO. The molecule has 6 nitrogen and oxygen atoms in total. The molecule has 3 aromatic rings. The number of aliphatic hydroxyl groups is 3. The summed E-state index contributed by atoms with van der Waals surface area (Å²) in [6, 6.07) is 23.6. The molecule has 0 radical (unpaired) electrons. The molecule has 0 aromatic heterocycles. The highest BCUT2D eigenvalue weighted by molar-refractivity contribution is 5.71. The molecule has 42 heavy (non-hydrogen) atoms. The number of carboxylic acid groups (broad SMARTS) is 1. The summed E-state index contributed by atoms with van der Waals surface area (Å²) in [7, 11) is 0. The van der Waals surface area contributed by atoms with E-state index in [1.807, 2.05) is 66.7 Å². The topological polar surface area (TPSA) is 101 Å². The van der Waals surface area contributed by atoms with Crippen LogP contribution in [0.25, 0.3) is 0 Å². The van der Waals surface area contributed by atoms with E-state index in [9.17, 15) is 25.2 Å². The molecule has 1 saturated heterocycles. The summed E-state index contributed by atoms with van der Waals surface area (Å²) < 4.78 is 0. The molecule has 4 rings (SSSR count). The average Bonchev–Trinajstić information content (AvgIpc) is 3.02. The van der Waals surface area contributed by atoms with Crippen LogP contribution in [-0.4, -0.2) is 50.9 Å². The first kappa shape index (κ1) is 31.9. The molecule has 1 aliphatic rings. The fourth-order valence-corrected chi connectivity index (χ4v) is 6.71. The standard InChI is InChI=1S/C36H47NO5/c1-2-3-6-16-31-27(25-35(40)41)18-19-32(33(31)26-38)34(39)17-11-22-37-23-20-30(21-24-37)36(42,28-12-7-4-8-13-28)29-14-9-5-10-15-29/h4-5,7-10,12-15,18-19,30,34,38-39,42H,2-3,6,11,16-17,20-26H2,1H3,(H,40,41). The van der Waals surface area contributed by atoms with Crippen molar-refractivity contribution >= 4 is 5.97 Å². The summed E-state index contributed by atoms with van der Waals surface area (Å²) in [5, 5.41) is 42.9. The lowest BCUT2D eigenvalue weighted by atomic mass is 9.72. The van der Waals surface area contributed by atoms with Gasteiger partial charge in [-0.15, -0.1) is 0 Å². The van der Waals surface area contributed by atoms with Crippen LogP contribution >= 0.6 is 0 Å². The number of likely N-dealkylation sites (tertiary alicyclic amines) is 1. The van der Waals surface area contributed by atoms with Crippen molar-refractivity contribution in [3.05, 3.63) is 106 Å². The third-order valence-corrected chi connectivity index (χ3v) is 9.01. The summed E-state index contributed by atoms with van der Waals surface area (Å²) in [6.07, 6.45) is 6.06. The number of hydrogen-bond acceptors (Lipinski definition) is 5. The Morgan fingerprint density at radius 2 is 1.52 bits per heavy atom. The van der Waals surface area contributed by atoms with E-state index in [2.05, 4.69) is 11.8 Å². The van der Waals surface area contributed by atoms with Crippen molar-refractivity contribution in [2.45, 2.75) is 83.0 Å². The van der Waals surface area contributed by atoms with Crippen LogP contribution in [0.4, 0.5) is 0 Å². The zero-order chi connectivity index (χ0) is 30.0. The maximum Gasteiger partial charge on any atom is 0.307 e. The predicted octanol–water partition coefficient (Wildman–Crippen LogP) is 6.00. The molecule has 0 saturated carbocycles. The van der Waals surface area contributed by atoms with Gasteiger partial charge < -0.3 is 25.3 Å². The molecule has 3 aromatic carbocycles. The molecule has 1 atom stereocenters. The van der Waals surface area contributed by atoms with Gasteiger partial charge in [0, 0.05) is 0 Å². The van der Waals surface area contributed by atoms with Gasteiger partial charge in [0.1, 0.15) is 5.60 Å². The molecule has 0 spiro atoms. The van der Waals surface area contributed by atoms with Gasteiger partial charge in [-0.25, -0.2) is 0 Å². The molecular weight excluding hydrogens is 526 g/mol. The van der Waals surface area contributed by atoms with Gasteiger partial charge in [0.15, 0.2) is 0 Å². The van der Waals surface area contributed by atoms with E-state index in [0.717, 1.165) is 80.4 Å². The fraction of sp³-hybridized carbons (Fsp3) is 0.472. The van der Waals surface area contributed by atoms with Gasteiger partial charge in [-0.2, -0.15) is 0 Å². The average molecular weight is 574 g/mol. The number of hydrogen-bond donors (Lipinski definition) is 4. The summed E-state index contributed by atoms with van der Waals surface area (Å²) in [5.74, 6) is -0.787. The number of rotatable bonds is 15. The predicted molar refractivity (Wildman–Crippen MR) is 166 cm³/mol. The van der Waals surface area contributed by atoms with Crippen molar-refractivity contribution in [2.24, 2.45) is 5.92 Å². The van der Waals surface area contributed by atoms with Gasteiger partial charge in [-0.05, 0) is 97.5 Å². The number of aliphatic carboxylic acids is 1. The molecule has 1 aliphatic heterocycles. The first-order valence-corrected chi connectivity index (χ1v) is 15.6. The lowest BCUT2D eigenvalue weighted by molar-refractivity contribution is -0.136. The van der Waals surface area contributed by atoms with E-state index in [1.54, 1.807) is 6.07 Å². The lowest BCUT2D eigenvalue weighted by Crippen LogP contribution is -2.44. The molecule has 0 amide bonds. The molecule has 1 unspecified atom stereocenters. The van der Waals surface area contributed by atoms with Crippen molar-refractivity contribution < 1.29 is 25.2 Å². The Balaban J connectivity index is 1.37. The Morgan fingerprint density at radius 3 is 2.07 bits per heavy atom. The quantitative estimate of drug-likeness (QED) is 0.166. The highest BCUT2D eigenvalue weighted by atomic mass is 16.4. The minimum Gasteiger partial charge on any atom is -0.481 e. The molecule has 1 heterocycles. The second-order valence-corrected chi connectivity index (χ2v) is 11.7. The van der Waals surface area contributed by atoms with Crippen LogP contribution in [0.15, 0.2) is 72.8 Å². The fourth-order valence-electron chi connectivity index (χ4n) is 6.71. The van der Waals surface area contributed by atoms with Crippen molar-refractivity contribution in [3.8, 4) is 0 Å². The van der Waals surface area contributed by atoms with Gasteiger partial charge in [0.2, 0.25) is 0 Å².